The Balaban J connectivity index is 4.21. The van der Waals surface area contributed by atoms with Gasteiger partial charge >= 0.3 is 5.97 Å². The minimum Gasteiger partial charge on any atom is -0.480 e. The van der Waals surface area contributed by atoms with Gasteiger partial charge in [-0.25, -0.2) is 4.79 Å². The Morgan fingerprint density at radius 3 is 2.25 bits per heavy atom. The Morgan fingerprint density at radius 1 is 1.31 bits per heavy atom. The van der Waals surface area contributed by atoms with Gasteiger partial charge in [-0.15, -0.1) is 0 Å². The molecule has 0 aliphatic heterocycles. The molecule has 0 unspecified atom stereocenters. The van der Waals surface area contributed by atoms with Crippen molar-refractivity contribution >= 4 is 11.9 Å². The first-order chi connectivity index (χ1) is 7.29. The van der Waals surface area contributed by atoms with Crippen LogP contribution in [0.2, 0.25) is 0 Å². The number of carboxylic acid groups (broad SMARTS) is 1. The van der Waals surface area contributed by atoms with E-state index in [-0.39, 0.29) is 5.91 Å². The molecule has 0 aliphatic rings. The van der Waals surface area contributed by atoms with Crippen LogP contribution in [0.4, 0.5) is 0 Å². The van der Waals surface area contributed by atoms with E-state index in [9.17, 15) is 9.59 Å². The van der Waals surface area contributed by atoms with E-state index >= 15 is 0 Å². The van der Waals surface area contributed by atoms with Gasteiger partial charge in [0.05, 0.1) is 0 Å². The van der Waals surface area contributed by atoms with Crippen LogP contribution in [0, 0.1) is 5.41 Å². The quantitative estimate of drug-likeness (QED) is 0.584. The van der Waals surface area contributed by atoms with Crippen molar-refractivity contribution in [2.45, 2.75) is 39.7 Å². The lowest BCUT2D eigenvalue weighted by atomic mass is 9.86. The molecule has 1 atom stereocenters. The molecule has 5 nitrogen and oxygen atoms in total. The molecule has 0 aromatic carbocycles. The second-order valence-corrected chi connectivity index (χ2v) is 4.91. The average molecular weight is 230 g/mol. The van der Waals surface area contributed by atoms with Crippen molar-refractivity contribution in [3.8, 4) is 0 Å². The van der Waals surface area contributed by atoms with Gasteiger partial charge in [0.25, 0.3) is 0 Å². The van der Waals surface area contributed by atoms with Crippen LogP contribution in [0.5, 0.6) is 0 Å². The van der Waals surface area contributed by atoms with Gasteiger partial charge in [-0.1, -0.05) is 20.8 Å². The van der Waals surface area contributed by atoms with Crippen LogP contribution in [0.15, 0.2) is 0 Å². The number of nitrogens with one attached hydrogen (secondary N) is 2. The SMILES string of the molecule is CNCCCC(=O)N[C@@H](C(=O)O)C(C)(C)C. The smallest absolute Gasteiger partial charge is 0.326 e. The van der Waals surface area contributed by atoms with E-state index in [4.69, 9.17) is 5.11 Å². The van der Waals surface area contributed by atoms with Crippen LogP contribution < -0.4 is 10.6 Å². The van der Waals surface area contributed by atoms with E-state index in [1.165, 1.54) is 0 Å². The van der Waals surface area contributed by atoms with Gasteiger partial charge in [0.15, 0.2) is 0 Å². The summed E-state index contributed by atoms with van der Waals surface area (Å²) in [7, 11) is 1.81. The summed E-state index contributed by atoms with van der Waals surface area (Å²) < 4.78 is 0. The maximum Gasteiger partial charge on any atom is 0.326 e. The molecule has 0 saturated heterocycles. The Labute approximate surface area is 96.6 Å². The molecule has 0 heterocycles. The van der Waals surface area contributed by atoms with Crippen LogP contribution in [-0.2, 0) is 9.59 Å². The zero-order chi connectivity index (χ0) is 12.8. The average Bonchev–Trinajstić information content (AvgIpc) is 2.12. The monoisotopic (exact) mass is 230 g/mol. The second kappa shape index (κ2) is 6.48. The maximum atomic E-state index is 11.5. The van der Waals surface area contributed by atoms with Gasteiger partial charge in [-0.2, -0.15) is 0 Å². The Bertz CT molecular complexity index is 246. The predicted molar refractivity (Wildman–Crippen MR) is 62.2 cm³/mol. The highest BCUT2D eigenvalue weighted by molar-refractivity contribution is 5.84. The summed E-state index contributed by atoms with van der Waals surface area (Å²) in [5.41, 5.74) is -0.482. The summed E-state index contributed by atoms with van der Waals surface area (Å²) >= 11 is 0. The van der Waals surface area contributed by atoms with E-state index < -0.39 is 17.4 Å². The van der Waals surface area contributed by atoms with Crippen molar-refractivity contribution in [1.82, 2.24) is 10.6 Å². The predicted octanol–water partition coefficient (Wildman–Crippen LogP) is 0.601. The van der Waals surface area contributed by atoms with Crippen molar-refractivity contribution in [1.29, 1.82) is 0 Å². The van der Waals surface area contributed by atoms with Crippen LogP contribution in [-0.4, -0.2) is 36.6 Å². The fraction of sp³-hybridized carbons (Fsp3) is 0.818. The molecule has 0 bridgehead atoms. The van der Waals surface area contributed by atoms with Crippen molar-refractivity contribution in [2.75, 3.05) is 13.6 Å². The molecule has 5 heteroatoms. The van der Waals surface area contributed by atoms with Crippen molar-refractivity contribution in [3.05, 3.63) is 0 Å². The number of amides is 1. The molecule has 3 N–H and O–H groups in total. The second-order valence-electron chi connectivity index (χ2n) is 4.91. The van der Waals surface area contributed by atoms with E-state index in [0.29, 0.717) is 12.8 Å². The fourth-order valence-corrected chi connectivity index (χ4v) is 1.31. The largest absolute Gasteiger partial charge is 0.480 e. The summed E-state index contributed by atoms with van der Waals surface area (Å²) in [6.45, 7) is 6.12. The molecule has 0 aromatic heterocycles. The first-order valence-corrected chi connectivity index (χ1v) is 5.45. The third kappa shape index (κ3) is 5.70. The van der Waals surface area contributed by atoms with E-state index in [2.05, 4.69) is 10.6 Å². The van der Waals surface area contributed by atoms with E-state index in [0.717, 1.165) is 6.54 Å². The third-order valence-corrected chi connectivity index (χ3v) is 2.25. The number of rotatable bonds is 6. The zero-order valence-electron chi connectivity index (χ0n) is 10.5. The molecular weight excluding hydrogens is 208 g/mol. The highest BCUT2D eigenvalue weighted by Gasteiger charge is 2.32. The molecule has 16 heavy (non-hydrogen) atoms. The summed E-state index contributed by atoms with van der Waals surface area (Å²) in [6.07, 6.45) is 1.06. The van der Waals surface area contributed by atoms with Gasteiger partial charge < -0.3 is 15.7 Å². The molecular formula is C11H22N2O3. The molecule has 0 spiro atoms. The zero-order valence-corrected chi connectivity index (χ0v) is 10.5. The number of hydrogen-bond acceptors (Lipinski definition) is 3. The van der Waals surface area contributed by atoms with Crippen molar-refractivity contribution in [2.24, 2.45) is 5.41 Å². The summed E-state index contributed by atoms with van der Waals surface area (Å²) in [5, 5.41) is 14.5. The molecule has 0 fully saturated rings. The molecule has 0 saturated carbocycles. The molecule has 1 amide bonds. The van der Waals surface area contributed by atoms with Gasteiger partial charge in [0.2, 0.25) is 5.91 Å². The van der Waals surface area contributed by atoms with Gasteiger partial charge in [-0.05, 0) is 25.4 Å². The van der Waals surface area contributed by atoms with Gasteiger partial charge in [0.1, 0.15) is 6.04 Å². The first kappa shape index (κ1) is 14.9. The Morgan fingerprint density at radius 2 is 1.88 bits per heavy atom. The molecule has 0 aromatic rings. The molecule has 0 radical (unpaired) electrons. The van der Waals surface area contributed by atoms with E-state index in [1.807, 2.05) is 7.05 Å². The number of aliphatic carboxylic acids is 1. The first-order valence-electron chi connectivity index (χ1n) is 5.45. The van der Waals surface area contributed by atoms with Crippen LogP contribution in [0.1, 0.15) is 33.6 Å². The Hall–Kier alpha value is -1.10. The topological polar surface area (TPSA) is 78.4 Å². The number of carbonyl (C=O) groups excluding carboxylic acids is 1. The van der Waals surface area contributed by atoms with Crippen LogP contribution in [0.25, 0.3) is 0 Å². The van der Waals surface area contributed by atoms with Gasteiger partial charge in [-0.3, -0.25) is 4.79 Å². The minimum absolute atomic E-state index is 0.211. The molecule has 0 rings (SSSR count). The Kier molecular flexibility index (Phi) is 6.03. The van der Waals surface area contributed by atoms with Crippen molar-refractivity contribution < 1.29 is 14.7 Å². The minimum atomic E-state index is -0.991. The standard InChI is InChI=1S/C11H22N2O3/c1-11(2,3)9(10(15)16)13-8(14)6-5-7-12-4/h9,12H,5-7H2,1-4H3,(H,13,14)(H,15,16)/t9-/m0/s1. The lowest BCUT2D eigenvalue weighted by molar-refractivity contribution is -0.144. The summed E-state index contributed by atoms with van der Waals surface area (Å²) in [5.74, 6) is -1.20. The number of carboxylic acids is 1. The third-order valence-electron chi connectivity index (χ3n) is 2.25. The van der Waals surface area contributed by atoms with Crippen LogP contribution >= 0.6 is 0 Å². The van der Waals surface area contributed by atoms with E-state index in [1.54, 1.807) is 20.8 Å². The van der Waals surface area contributed by atoms with Crippen LogP contribution in [0.3, 0.4) is 0 Å². The highest BCUT2D eigenvalue weighted by Crippen LogP contribution is 2.19. The summed E-state index contributed by atoms with van der Waals surface area (Å²) in [4.78, 5) is 22.5. The highest BCUT2D eigenvalue weighted by atomic mass is 16.4. The molecule has 0 aliphatic carbocycles. The molecule has 94 valence electrons. The number of hydrogen-bond donors (Lipinski definition) is 3. The lowest BCUT2D eigenvalue weighted by Gasteiger charge is -2.27. The normalized spacial score (nSPS) is 13.2. The lowest BCUT2D eigenvalue weighted by Crippen LogP contribution is -2.49. The summed E-state index contributed by atoms with van der Waals surface area (Å²) in [6, 6.07) is -0.838. The van der Waals surface area contributed by atoms with Crippen molar-refractivity contribution in [3.63, 3.8) is 0 Å². The fourth-order valence-electron chi connectivity index (χ4n) is 1.31. The maximum absolute atomic E-state index is 11.5. The van der Waals surface area contributed by atoms with Gasteiger partial charge in [0, 0.05) is 6.42 Å². The number of carbonyl (C=O) groups is 2.